The van der Waals surface area contributed by atoms with Crippen LogP contribution in [0.3, 0.4) is 0 Å². The molecule has 0 radical (unpaired) electrons. The van der Waals surface area contributed by atoms with Gasteiger partial charge < -0.3 is 30.9 Å². The van der Waals surface area contributed by atoms with Gasteiger partial charge in [0.2, 0.25) is 0 Å². The number of hydrogen-bond acceptors (Lipinski definition) is 0. The van der Waals surface area contributed by atoms with Gasteiger partial charge in [0, 0.05) is 0 Å². The van der Waals surface area contributed by atoms with Gasteiger partial charge in [-0.15, -0.1) is 0 Å². The topological polar surface area (TPSA) is 0 Å². The Labute approximate surface area is 88.0 Å². The van der Waals surface area contributed by atoms with E-state index in [1.807, 2.05) is 0 Å². The van der Waals surface area contributed by atoms with Gasteiger partial charge in [-0.1, -0.05) is 32.1 Å². The van der Waals surface area contributed by atoms with E-state index in [1.165, 1.54) is 32.1 Å². The molecule has 0 bridgehead atoms. The molecule has 1 aliphatic carbocycles. The van der Waals surface area contributed by atoms with Crippen LogP contribution in [0.25, 0.3) is 0 Å². The van der Waals surface area contributed by atoms with Crippen molar-refractivity contribution in [3.63, 3.8) is 0 Å². The van der Waals surface area contributed by atoms with E-state index < -0.39 is 0 Å². The molecule has 0 nitrogen and oxygen atoms in total. The van der Waals surface area contributed by atoms with Crippen molar-refractivity contribution in [3.8, 4) is 0 Å². The maximum Gasteiger partial charge on any atom is 2.00 e. The summed E-state index contributed by atoms with van der Waals surface area (Å²) in [6, 6.07) is 0. The Morgan fingerprint density at radius 3 is 1.67 bits per heavy atom. The molecule has 1 fully saturated rings. The minimum Gasteiger partial charge on any atom is -1.00 e. The van der Waals surface area contributed by atoms with Gasteiger partial charge >= 0.3 is 19.5 Å². The number of halogens is 1. The first kappa shape index (κ1) is 13.0. The summed E-state index contributed by atoms with van der Waals surface area (Å²) in [4.78, 5) is 0. The summed E-state index contributed by atoms with van der Waals surface area (Å²) in [7, 11) is 0. The molecule has 0 saturated heterocycles. The van der Waals surface area contributed by atoms with Crippen LogP contribution >= 0.6 is 0 Å². The third-order valence-electron chi connectivity index (χ3n) is 1.72. The van der Waals surface area contributed by atoms with Gasteiger partial charge in [0.1, 0.15) is 0 Å². The molecule has 0 spiro atoms. The molecule has 1 aliphatic rings. The van der Waals surface area contributed by atoms with Crippen LogP contribution in [0, 0.1) is 12.8 Å². The maximum absolute atomic E-state index is 4.00. The third-order valence-corrected chi connectivity index (χ3v) is 1.72. The predicted octanol–water partition coefficient (Wildman–Crippen LogP) is -0.598. The molecule has 1 rings (SSSR count). The van der Waals surface area contributed by atoms with Crippen LogP contribution in [0.15, 0.2) is 0 Å². The minimum absolute atomic E-state index is 0. The second-order valence-corrected chi connectivity index (χ2v) is 2.50. The molecule has 0 aliphatic heterocycles. The van der Waals surface area contributed by atoms with Crippen LogP contribution in [0.2, 0.25) is 0 Å². The van der Waals surface area contributed by atoms with Crippen molar-refractivity contribution in [2.75, 3.05) is 0 Å². The fraction of sp³-hybridized carbons (Fsp3) is 0.857. The molecular weight excluding hydrogens is 276 g/mol. The SMILES string of the molecule is [CH2-]C1CCCCC1.[I-].[Zn+2]. The van der Waals surface area contributed by atoms with E-state index in [0.717, 1.165) is 5.92 Å². The summed E-state index contributed by atoms with van der Waals surface area (Å²) >= 11 is 0. The average Bonchev–Trinajstić information content (AvgIpc) is 1.69. The first-order valence-corrected chi connectivity index (χ1v) is 3.22. The van der Waals surface area contributed by atoms with E-state index in [1.54, 1.807) is 0 Å². The summed E-state index contributed by atoms with van der Waals surface area (Å²) in [5.41, 5.74) is 0. The summed E-state index contributed by atoms with van der Waals surface area (Å²) in [5, 5.41) is 0. The van der Waals surface area contributed by atoms with E-state index >= 15 is 0 Å². The second-order valence-electron chi connectivity index (χ2n) is 2.50. The Morgan fingerprint density at radius 1 is 1.00 bits per heavy atom. The monoisotopic (exact) mass is 288 g/mol. The first-order chi connectivity index (χ1) is 3.39. The van der Waals surface area contributed by atoms with E-state index in [0.29, 0.717) is 0 Å². The molecule has 0 aromatic heterocycles. The van der Waals surface area contributed by atoms with Crippen LogP contribution in [0.4, 0.5) is 0 Å². The van der Waals surface area contributed by atoms with Crippen molar-refractivity contribution >= 4 is 0 Å². The van der Waals surface area contributed by atoms with Crippen molar-refractivity contribution in [2.45, 2.75) is 32.1 Å². The van der Waals surface area contributed by atoms with Gasteiger partial charge in [0.05, 0.1) is 0 Å². The molecule has 9 heavy (non-hydrogen) atoms. The summed E-state index contributed by atoms with van der Waals surface area (Å²) in [6.45, 7) is 4.00. The zero-order valence-electron chi connectivity index (χ0n) is 5.91. The average molecular weight is 289 g/mol. The van der Waals surface area contributed by atoms with Crippen molar-refractivity contribution in [3.05, 3.63) is 6.92 Å². The van der Waals surface area contributed by atoms with E-state index in [2.05, 4.69) is 6.92 Å². The Hall–Kier alpha value is 1.35. The molecule has 0 unspecified atom stereocenters. The van der Waals surface area contributed by atoms with Gasteiger partial charge in [-0.3, -0.25) is 0 Å². The smallest absolute Gasteiger partial charge is 1.00 e. The Balaban J connectivity index is 0. The quantitative estimate of drug-likeness (QED) is 0.317. The number of hydrogen-bond donors (Lipinski definition) is 0. The van der Waals surface area contributed by atoms with Crippen molar-refractivity contribution in [2.24, 2.45) is 5.92 Å². The van der Waals surface area contributed by atoms with Crippen LogP contribution in [0.1, 0.15) is 32.1 Å². The first-order valence-electron chi connectivity index (χ1n) is 3.22. The van der Waals surface area contributed by atoms with Gasteiger partial charge in [0.15, 0.2) is 0 Å². The third kappa shape index (κ3) is 5.78. The molecular formula is C7H13IZn. The Bertz CT molecular complexity index is 50.9. The van der Waals surface area contributed by atoms with Crippen LogP contribution in [-0.4, -0.2) is 0 Å². The normalized spacial score (nSPS) is 19.7. The van der Waals surface area contributed by atoms with Crippen molar-refractivity contribution in [1.82, 2.24) is 0 Å². The standard InChI is InChI=1S/C7H13.HI.Zn/c1-7-5-3-2-4-6-7;;/h7H,1-6H2;1H;/q-1;;+2/p-1. The molecule has 0 aromatic carbocycles. The molecule has 0 N–H and O–H groups in total. The molecule has 0 heterocycles. The molecule has 0 amide bonds. The molecule has 50 valence electrons. The largest absolute Gasteiger partial charge is 2.00 e. The molecule has 0 atom stereocenters. The minimum atomic E-state index is 0. The fourth-order valence-corrected chi connectivity index (χ4v) is 1.19. The van der Waals surface area contributed by atoms with Crippen molar-refractivity contribution < 1.29 is 43.5 Å². The summed E-state index contributed by atoms with van der Waals surface area (Å²) in [5.74, 6) is 0.786. The van der Waals surface area contributed by atoms with Gasteiger partial charge in [-0.05, 0) is 0 Å². The van der Waals surface area contributed by atoms with Crippen LogP contribution in [-0.2, 0) is 19.5 Å². The van der Waals surface area contributed by atoms with E-state index in [9.17, 15) is 0 Å². The Kier molecular flexibility index (Phi) is 10.8. The van der Waals surface area contributed by atoms with E-state index in [4.69, 9.17) is 0 Å². The molecule has 1 saturated carbocycles. The summed E-state index contributed by atoms with van der Waals surface area (Å²) in [6.07, 6.45) is 7.05. The zero-order chi connectivity index (χ0) is 5.11. The molecule has 2 heteroatoms. The fourth-order valence-electron chi connectivity index (χ4n) is 1.19. The van der Waals surface area contributed by atoms with E-state index in [-0.39, 0.29) is 43.5 Å². The number of rotatable bonds is 0. The second kappa shape index (κ2) is 7.46. The van der Waals surface area contributed by atoms with Gasteiger partial charge in [-0.25, -0.2) is 0 Å². The summed E-state index contributed by atoms with van der Waals surface area (Å²) < 4.78 is 0. The zero-order valence-corrected chi connectivity index (χ0v) is 11.0. The van der Waals surface area contributed by atoms with Gasteiger partial charge in [0.25, 0.3) is 0 Å². The van der Waals surface area contributed by atoms with Crippen LogP contribution in [0.5, 0.6) is 0 Å². The molecule has 0 aromatic rings. The maximum atomic E-state index is 4.00. The Morgan fingerprint density at radius 2 is 1.44 bits per heavy atom. The van der Waals surface area contributed by atoms with Gasteiger partial charge in [-0.2, -0.15) is 5.92 Å². The van der Waals surface area contributed by atoms with Crippen molar-refractivity contribution in [1.29, 1.82) is 0 Å². The van der Waals surface area contributed by atoms with Crippen LogP contribution < -0.4 is 24.0 Å². The predicted molar refractivity (Wildman–Crippen MR) is 31.9 cm³/mol.